The van der Waals surface area contributed by atoms with Crippen LogP contribution in [0.5, 0.6) is 5.75 Å². The zero-order valence-corrected chi connectivity index (χ0v) is 13.3. The van der Waals surface area contributed by atoms with E-state index < -0.39 is 0 Å². The molecule has 116 valence electrons. The summed E-state index contributed by atoms with van der Waals surface area (Å²) in [4.78, 5) is 14.6. The van der Waals surface area contributed by atoms with Crippen LogP contribution in [0.15, 0.2) is 48.5 Å². The van der Waals surface area contributed by atoms with Crippen molar-refractivity contribution in [2.24, 2.45) is 0 Å². The maximum Gasteiger partial charge on any atom is 0.259 e. The van der Waals surface area contributed by atoms with Gasteiger partial charge in [-0.25, -0.2) is 0 Å². The van der Waals surface area contributed by atoms with Crippen molar-refractivity contribution < 1.29 is 9.53 Å². The fraction of sp³-hybridized carbons (Fsp3) is 0.278. The molecule has 0 saturated carbocycles. The lowest BCUT2D eigenvalue weighted by molar-refractivity contribution is 0.0770. The van der Waals surface area contributed by atoms with Gasteiger partial charge in [-0.2, -0.15) is 0 Å². The Morgan fingerprint density at radius 1 is 1.05 bits per heavy atom. The Morgan fingerprint density at radius 2 is 1.73 bits per heavy atom. The van der Waals surface area contributed by atoms with Gasteiger partial charge in [-0.05, 0) is 38.1 Å². The van der Waals surface area contributed by atoms with Gasteiger partial charge in [0, 0.05) is 18.8 Å². The molecule has 0 aliphatic rings. The smallest absolute Gasteiger partial charge is 0.259 e. The zero-order valence-electron chi connectivity index (χ0n) is 13.3. The summed E-state index contributed by atoms with van der Waals surface area (Å²) < 4.78 is 5.40. The van der Waals surface area contributed by atoms with E-state index in [0.717, 1.165) is 11.4 Å². The average Bonchev–Trinajstić information content (AvgIpc) is 2.56. The predicted molar refractivity (Wildman–Crippen MR) is 90.0 cm³/mol. The molecule has 4 heteroatoms. The van der Waals surface area contributed by atoms with Crippen molar-refractivity contribution in [3.63, 3.8) is 0 Å². The molecule has 0 heterocycles. The van der Waals surface area contributed by atoms with E-state index in [1.54, 1.807) is 12.0 Å². The lowest BCUT2D eigenvalue weighted by Gasteiger charge is -2.22. The zero-order chi connectivity index (χ0) is 15.9. The molecule has 4 nitrogen and oxygen atoms in total. The van der Waals surface area contributed by atoms with Crippen molar-refractivity contribution in [3.05, 3.63) is 54.1 Å². The van der Waals surface area contributed by atoms with Crippen LogP contribution in [0, 0.1) is 0 Å². The number of carbonyl (C=O) groups excluding carboxylic acids is 1. The predicted octanol–water partition coefficient (Wildman–Crippen LogP) is 3.92. The van der Waals surface area contributed by atoms with Gasteiger partial charge >= 0.3 is 0 Å². The summed E-state index contributed by atoms with van der Waals surface area (Å²) in [6.45, 7) is 5.28. The molecule has 2 rings (SSSR count). The molecule has 2 aromatic carbocycles. The number of hydrogen-bond donors (Lipinski definition) is 1. The number of carbonyl (C=O) groups is 1. The first kappa shape index (κ1) is 15.9. The van der Waals surface area contributed by atoms with Gasteiger partial charge in [-0.15, -0.1) is 0 Å². The molecule has 0 atom stereocenters. The average molecular weight is 298 g/mol. The summed E-state index contributed by atoms with van der Waals surface area (Å²) in [7, 11) is 1.58. The van der Waals surface area contributed by atoms with Crippen LogP contribution in [-0.2, 0) is 0 Å². The molecule has 1 N–H and O–H groups in total. The number of nitrogens with one attached hydrogen (secondary N) is 1. The second-order valence-electron chi connectivity index (χ2n) is 4.85. The van der Waals surface area contributed by atoms with E-state index in [9.17, 15) is 4.79 Å². The maximum atomic E-state index is 12.8. The van der Waals surface area contributed by atoms with E-state index in [4.69, 9.17) is 4.74 Å². The largest absolute Gasteiger partial charge is 0.496 e. The van der Waals surface area contributed by atoms with Crippen LogP contribution in [0.25, 0.3) is 0 Å². The van der Waals surface area contributed by atoms with Gasteiger partial charge in [0.1, 0.15) is 11.3 Å². The third-order valence-corrected chi connectivity index (χ3v) is 3.56. The highest BCUT2D eigenvalue weighted by Crippen LogP contribution is 2.30. The standard InChI is InChI=1S/C18H22N2O2/c1-4-20(5-2)18(21)17-15(12-9-13-16(17)22-3)19-14-10-7-6-8-11-14/h6-13,19H,4-5H2,1-3H3. The van der Waals surface area contributed by atoms with Crippen LogP contribution >= 0.6 is 0 Å². The first-order valence-electron chi connectivity index (χ1n) is 7.49. The summed E-state index contributed by atoms with van der Waals surface area (Å²) in [5.74, 6) is 0.554. The van der Waals surface area contributed by atoms with Crippen molar-refractivity contribution >= 4 is 17.3 Å². The molecular formula is C18H22N2O2. The molecule has 0 radical (unpaired) electrons. The summed E-state index contributed by atoms with van der Waals surface area (Å²) in [6, 6.07) is 15.4. The van der Waals surface area contributed by atoms with Crippen LogP contribution in [0.3, 0.4) is 0 Å². The number of hydrogen-bond acceptors (Lipinski definition) is 3. The molecule has 22 heavy (non-hydrogen) atoms. The fourth-order valence-corrected chi connectivity index (χ4v) is 2.37. The van der Waals surface area contributed by atoms with Crippen molar-refractivity contribution in [3.8, 4) is 5.75 Å². The second kappa shape index (κ2) is 7.50. The minimum atomic E-state index is -0.0270. The fourth-order valence-electron chi connectivity index (χ4n) is 2.37. The first-order chi connectivity index (χ1) is 10.7. The van der Waals surface area contributed by atoms with Gasteiger partial charge in [0.2, 0.25) is 0 Å². The highest BCUT2D eigenvalue weighted by molar-refractivity contribution is 6.03. The minimum absolute atomic E-state index is 0.0270. The van der Waals surface area contributed by atoms with Gasteiger partial charge in [-0.1, -0.05) is 24.3 Å². The Bertz CT molecular complexity index is 622. The molecule has 2 aromatic rings. The van der Waals surface area contributed by atoms with Gasteiger partial charge in [-0.3, -0.25) is 4.79 Å². The van der Waals surface area contributed by atoms with E-state index >= 15 is 0 Å². The van der Waals surface area contributed by atoms with Crippen LogP contribution in [-0.4, -0.2) is 31.0 Å². The maximum absolute atomic E-state index is 12.8. The second-order valence-corrected chi connectivity index (χ2v) is 4.85. The van der Waals surface area contributed by atoms with E-state index in [1.807, 2.05) is 62.4 Å². The van der Waals surface area contributed by atoms with Crippen LogP contribution < -0.4 is 10.1 Å². The van der Waals surface area contributed by atoms with E-state index in [1.165, 1.54) is 0 Å². The van der Waals surface area contributed by atoms with Gasteiger partial charge in [0.25, 0.3) is 5.91 Å². The van der Waals surface area contributed by atoms with E-state index in [0.29, 0.717) is 24.4 Å². The third-order valence-electron chi connectivity index (χ3n) is 3.56. The summed E-state index contributed by atoms with van der Waals surface area (Å²) in [5, 5.41) is 3.30. The molecule has 0 fully saturated rings. The van der Waals surface area contributed by atoms with Gasteiger partial charge < -0.3 is 15.0 Å². The molecule has 0 aromatic heterocycles. The molecule has 0 aliphatic carbocycles. The Balaban J connectivity index is 2.43. The number of ether oxygens (including phenoxy) is 1. The lowest BCUT2D eigenvalue weighted by Crippen LogP contribution is -2.31. The Labute approximate surface area is 131 Å². The van der Waals surface area contributed by atoms with Crippen molar-refractivity contribution in [1.82, 2.24) is 4.90 Å². The third kappa shape index (κ3) is 3.39. The summed E-state index contributed by atoms with van der Waals surface area (Å²) in [5.41, 5.74) is 2.25. The first-order valence-corrected chi connectivity index (χ1v) is 7.49. The Kier molecular flexibility index (Phi) is 5.42. The number of nitrogens with zero attached hydrogens (tertiary/aromatic N) is 1. The van der Waals surface area contributed by atoms with Crippen molar-refractivity contribution in [2.75, 3.05) is 25.5 Å². The molecule has 0 unspecified atom stereocenters. The van der Waals surface area contributed by atoms with Crippen LogP contribution in [0.4, 0.5) is 11.4 Å². The monoisotopic (exact) mass is 298 g/mol. The lowest BCUT2D eigenvalue weighted by atomic mass is 10.1. The van der Waals surface area contributed by atoms with Gasteiger partial charge in [0.15, 0.2) is 0 Å². The highest BCUT2D eigenvalue weighted by atomic mass is 16.5. The molecule has 0 bridgehead atoms. The van der Waals surface area contributed by atoms with E-state index in [2.05, 4.69) is 5.32 Å². The molecule has 0 aliphatic heterocycles. The summed E-state index contributed by atoms with van der Waals surface area (Å²) in [6.07, 6.45) is 0. The minimum Gasteiger partial charge on any atom is -0.496 e. The van der Waals surface area contributed by atoms with Crippen molar-refractivity contribution in [2.45, 2.75) is 13.8 Å². The molecular weight excluding hydrogens is 276 g/mol. The number of anilines is 2. The topological polar surface area (TPSA) is 41.6 Å². The van der Waals surface area contributed by atoms with Crippen LogP contribution in [0.1, 0.15) is 24.2 Å². The van der Waals surface area contributed by atoms with Gasteiger partial charge in [0.05, 0.1) is 12.8 Å². The number of para-hydroxylation sites is 1. The summed E-state index contributed by atoms with van der Waals surface area (Å²) >= 11 is 0. The van der Waals surface area contributed by atoms with Crippen molar-refractivity contribution in [1.29, 1.82) is 0 Å². The normalized spacial score (nSPS) is 10.1. The number of methoxy groups -OCH3 is 1. The number of rotatable bonds is 6. The Morgan fingerprint density at radius 3 is 2.32 bits per heavy atom. The SMILES string of the molecule is CCN(CC)C(=O)c1c(Nc2ccccc2)cccc1OC. The molecule has 0 saturated heterocycles. The number of amides is 1. The quantitative estimate of drug-likeness (QED) is 0.879. The van der Waals surface area contributed by atoms with E-state index in [-0.39, 0.29) is 5.91 Å². The number of benzene rings is 2. The Hall–Kier alpha value is -2.49. The highest BCUT2D eigenvalue weighted by Gasteiger charge is 2.21. The molecule has 1 amide bonds. The molecule has 0 spiro atoms. The van der Waals surface area contributed by atoms with Crippen LogP contribution in [0.2, 0.25) is 0 Å².